The molecule has 0 aliphatic carbocycles. The fourth-order valence-electron chi connectivity index (χ4n) is 2.13. The predicted molar refractivity (Wildman–Crippen MR) is 70.3 cm³/mol. The third-order valence-corrected chi connectivity index (χ3v) is 3.18. The number of nitrogens with one attached hydrogen (secondary N) is 1. The molecule has 20 heavy (non-hydrogen) atoms. The number of morpholine rings is 1. The summed E-state index contributed by atoms with van der Waals surface area (Å²) in [5, 5.41) is 11.5. The molecule has 1 aromatic rings. The molecule has 2 heterocycles. The first-order chi connectivity index (χ1) is 9.61. The van der Waals surface area contributed by atoms with Gasteiger partial charge in [-0.25, -0.2) is 9.78 Å². The van der Waals surface area contributed by atoms with Crippen LogP contribution in [-0.2, 0) is 16.1 Å². The maximum Gasteiger partial charge on any atom is 0.354 e. The summed E-state index contributed by atoms with van der Waals surface area (Å²) in [5.74, 6) is -1.17. The maximum absolute atomic E-state index is 11.8. The fourth-order valence-corrected chi connectivity index (χ4v) is 2.13. The smallest absolute Gasteiger partial charge is 0.354 e. The quantitative estimate of drug-likeness (QED) is 0.788. The molecule has 2 N–H and O–H groups in total. The number of carboxylic acid groups (broad SMARTS) is 1. The van der Waals surface area contributed by atoms with Crippen molar-refractivity contribution >= 4 is 11.9 Å². The molecular formula is C13H17N3O4. The van der Waals surface area contributed by atoms with Crippen molar-refractivity contribution in [2.24, 2.45) is 0 Å². The molecule has 0 bridgehead atoms. The molecule has 0 radical (unpaired) electrons. The van der Waals surface area contributed by atoms with E-state index in [9.17, 15) is 9.59 Å². The van der Waals surface area contributed by atoms with E-state index in [1.165, 1.54) is 6.07 Å². The van der Waals surface area contributed by atoms with Crippen LogP contribution in [0.1, 0.15) is 16.2 Å². The Morgan fingerprint density at radius 1 is 1.55 bits per heavy atom. The molecule has 108 valence electrons. The van der Waals surface area contributed by atoms with Crippen LogP contribution in [-0.4, -0.2) is 59.7 Å². The lowest BCUT2D eigenvalue weighted by atomic mass is 10.2. The molecule has 1 aromatic heterocycles. The third-order valence-electron chi connectivity index (χ3n) is 3.18. The number of nitrogens with zero attached hydrogens (tertiary/aromatic N) is 2. The van der Waals surface area contributed by atoms with E-state index in [0.29, 0.717) is 32.0 Å². The molecule has 1 fully saturated rings. The molecule has 7 heteroatoms. The first-order valence-electron chi connectivity index (χ1n) is 6.34. The molecule has 1 aliphatic rings. The summed E-state index contributed by atoms with van der Waals surface area (Å²) in [4.78, 5) is 28.7. The van der Waals surface area contributed by atoms with E-state index in [1.807, 2.05) is 4.90 Å². The van der Waals surface area contributed by atoms with Gasteiger partial charge in [-0.15, -0.1) is 0 Å². The number of carbonyl (C=O) groups is 2. The zero-order chi connectivity index (χ0) is 14.5. The molecule has 1 saturated heterocycles. The first kappa shape index (κ1) is 14.4. The summed E-state index contributed by atoms with van der Waals surface area (Å²) in [7, 11) is 1.58. The number of rotatable bonds is 4. The van der Waals surface area contributed by atoms with Gasteiger partial charge in [0.25, 0.3) is 0 Å². The number of pyridine rings is 1. The van der Waals surface area contributed by atoms with Crippen molar-refractivity contribution in [1.82, 2.24) is 15.2 Å². The van der Waals surface area contributed by atoms with E-state index >= 15 is 0 Å². The zero-order valence-electron chi connectivity index (χ0n) is 11.2. The van der Waals surface area contributed by atoms with E-state index in [1.54, 1.807) is 19.2 Å². The van der Waals surface area contributed by atoms with Gasteiger partial charge in [0, 0.05) is 20.1 Å². The van der Waals surface area contributed by atoms with Crippen molar-refractivity contribution in [3.05, 3.63) is 29.6 Å². The number of ether oxygens (including phenoxy) is 1. The molecule has 0 aromatic carbocycles. The lowest BCUT2D eigenvalue weighted by Gasteiger charge is -2.33. The fraction of sp³-hybridized carbons (Fsp3) is 0.462. The van der Waals surface area contributed by atoms with Crippen LogP contribution < -0.4 is 5.32 Å². The molecule has 0 spiro atoms. The van der Waals surface area contributed by atoms with E-state index < -0.39 is 5.97 Å². The number of aromatic nitrogens is 1. The Balaban J connectivity index is 2.12. The second-order valence-electron chi connectivity index (χ2n) is 4.49. The summed E-state index contributed by atoms with van der Waals surface area (Å²) in [6.45, 7) is 1.91. The summed E-state index contributed by atoms with van der Waals surface area (Å²) < 4.78 is 5.32. The van der Waals surface area contributed by atoms with E-state index in [0.717, 1.165) is 0 Å². The number of carboxylic acids is 1. The zero-order valence-corrected chi connectivity index (χ0v) is 11.2. The minimum Gasteiger partial charge on any atom is -0.477 e. The van der Waals surface area contributed by atoms with Gasteiger partial charge in [0.1, 0.15) is 11.7 Å². The average molecular weight is 279 g/mol. The molecular weight excluding hydrogens is 262 g/mol. The number of hydrogen-bond acceptors (Lipinski definition) is 5. The van der Waals surface area contributed by atoms with Crippen molar-refractivity contribution in [3.63, 3.8) is 0 Å². The number of carbonyl (C=O) groups excluding carboxylic acids is 1. The lowest BCUT2D eigenvalue weighted by molar-refractivity contribution is -0.132. The Morgan fingerprint density at radius 2 is 2.35 bits per heavy atom. The summed E-state index contributed by atoms with van der Waals surface area (Å²) in [6, 6.07) is 4.48. The van der Waals surface area contributed by atoms with Crippen LogP contribution >= 0.6 is 0 Å². The molecule has 2 rings (SSSR count). The largest absolute Gasteiger partial charge is 0.477 e. The van der Waals surface area contributed by atoms with Gasteiger partial charge in [-0.3, -0.25) is 9.69 Å². The van der Waals surface area contributed by atoms with E-state index in [4.69, 9.17) is 9.84 Å². The monoisotopic (exact) mass is 279 g/mol. The molecule has 1 aliphatic heterocycles. The Morgan fingerprint density at radius 3 is 3.05 bits per heavy atom. The molecule has 1 amide bonds. The Kier molecular flexibility index (Phi) is 4.65. The van der Waals surface area contributed by atoms with Gasteiger partial charge in [-0.05, 0) is 12.1 Å². The number of likely N-dealkylation sites (N-methyl/N-ethyl adjacent to an activating group) is 1. The maximum atomic E-state index is 11.8. The lowest BCUT2D eigenvalue weighted by Crippen LogP contribution is -2.52. The van der Waals surface area contributed by atoms with Crippen LogP contribution in [0.4, 0.5) is 0 Å². The predicted octanol–water partition coefficient (Wildman–Crippen LogP) is -0.273. The van der Waals surface area contributed by atoms with Gasteiger partial charge in [0.05, 0.1) is 18.9 Å². The average Bonchev–Trinajstić information content (AvgIpc) is 2.47. The number of aromatic carboxylic acids is 1. The summed E-state index contributed by atoms with van der Waals surface area (Å²) in [6.07, 6.45) is 0. The SMILES string of the molecule is CNC(=O)C1COCCN1Cc1cccc(C(=O)O)n1. The minimum atomic E-state index is -1.06. The van der Waals surface area contributed by atoms with Crippen LogP contribution in [0.2, 0.25) is 0 Å². The minimum absolute atomic E-state index is 0.00672. The van der Waals surface area contributed by atoms with Crippen LogP contribution in [0.5, 0.6) is 0 Å². The van der Waals surface area contributed by atoms with Crippen LogP contribution in [0.15, 0.2) is 18.2 Å². The van der Waals surface area contributed by atoms with Crippen molar-refractivity contribution < 1.29 is 19.4 Å². The standard InChI is InChI=1S/C13H17N3O4/c1-14-12(17)11-8-20-6-5-16(11)7-9-3-2-4-10(15-9)13(18)19/h2-4,11H,5-8H2,1H3,(H,14,17)(H,18,19). The van der Waals surface area contributed by atoms with Gasteiger partial charge in [-0.2, -0.15) is 0 Å². The molecule has 1 atom stereocenters. The van der Waals surface area contributed by atoms with Crippen molar-refractivity contribution in [3.8, 4) is 0 Å². The number of amides is 1. The second kappa shape index (κ2) is 6.44. The highest BCUT2D eigenvalue weighted by atomic mass is 16.5. The van der Waals surface area contributed by atoms with Gasteiger partial charge in [-0.1, -0.05) is 6.07 Å². The van der Waals surface area contributed by atoms with Crippen molar-refractivity contribution in [2.75, 3.05) is 26.8 Å². The highest BCUT2D eigenvalue weighted by Crippen LogP contribution is 2.12. The van der Waals surface area contributed by atoms with Gasteiger partial charge in [0.2, 0.25) is 5.91 Å². The Hall–Kier alpha value is -1.99. The molecule has 0 saturated carbocycles. The van der Waals surface area contributed by atoms with Crippen molar-refractivity contribution in [1.29, 1.82) is 0 Å². The van der Waals surface area contributed by atoms with Gasteiger partial charge in [0.15, 0.2) is 0 Å². The summed E-state index contributed by atoms with van der Waals surface area (Å²) >= 11 is 0. The normalized spacial score (nSPS) is 19.6. The van der Waals surface area contributed by atoms with Crippen molar-refractivity contribution in [2.45, 2.75) is 12.6 Å². The van der Waals surface area contributed by atoms with Crippen LogP contribution in [0.3, 0.4) is 0 Å². The second-order valence-corrected chi connectivity index (χ2v) is 4.49. The van der Waals surface area contributed by atoms with Gasteiger partial charge < -0.3 is 15.2 Å². The Bertz CT molecular complexity index is 506. The van der Waals surface area contributed by atoms with Crippen LogP contribution in [0.25, 0.3) is 0 Å². The Labute approximate surface area is 116 Å². The molecule has 7 nitrogen and oxygen atoms in total. The highest BCUT2D eigenvalue weighted by Gasteiger charge is 2.29. The van der Waals surface area contributed by atoms with E-state index in [-0.39, 0.29) is 17.6 Å². The summed E-state index contributed by atoms with van der Waals surface area (Å²) in [5.41, 5.74) is 0.632. The highest BCUT2D eigenvalue weighted by molar-refractivity contribution is 5.85. The topological polar surface area (TPSA) is 91.8 Å². The van der Waals surface area contributed by atoms with E-state index in [2.05, 4.69) is 10.3 Å². The van der Waals surface area contributed by atoms with Crippen LogP contribution in [0, 0.1) is 0 Å². The molecule has 1 unspecified atom stereocenters. The third kappa shape index (κ3) is 3.31. The first-order valence-corrected chi connectivity index (χ1v) is 6.34. The van der Waals surface area contributed by atoms with Gasteiger partial charge >= 0.3 is 5.97 Å². The number of hydrogen-bond donors (Lipinski definition) is 2.